The summed E-state index contributed by atoms with van der Waals surface area (Å²) >= 11 is 0. The predicted molar refractivity (Wildman–Crippen MR) is 71.8 cm³/mol. The maximum Gasteiger partial charge on any atom is 0.343 e. The number of carbonyl (C=O) groups is 1. The molecular formula is C16H15FO2. The molecule has 0 fully saturated rings. The molecule has 0 aromatic heterocycles. The van der Waals surface area contributed by atoms with Crippen molar-refractivity contribution in [3.63, 3.8) is 0 Å². The van der Waals surface area contributed by atoms with Crippen LogP contribution in [0, 0.1) is 5.82 Å². The minimum absolute atomic E-state index is 0.337. The molecule has 2 nitrogen and oxygen atoms in total. The smallest absolute Gasteiger partial charge is 0.343 e. The Morgan fingerprint density at radius 1 is 1.05 bits per heavy atom. The van der Waals surface area contributed by atoms with Crippen molar-refractivity contribution in [1.29, 1.82) is 0 Å². The summed E-state index contributed by atoms with van der Waals surface area (Å²) in [4.78, 5) is 11.9. The third-order valence-corrected chi connectivity index (χ3v) is 2.75. The van der Waals surface area contributed by atoms with Gasteiger partial charge in [0.15, 0.2) is 0 Å². The van der Waals surface area contributed by atoms with Crippen molar-refractivity contribution in [2.45, 2.75) is 19.8 Å². The van der Waals surface area contributed by atoms with Crippen LogP contribution in [0.1, 0.15) is 29.3 Å². The van der Waals surface area contributed by atoms with Gasteiger partial charge in [-0.1, -0.05) is 25.5 Å². The van der Waals surface area contributed by atoms with Crippen LogP contribution in [0.3, 0.4) is 0 Å². The summed E-state index contributed by atoms with van der Waals surface area (Å²) in [7, 11) is 0. The average Bonchev–Trinajstić information content (AvgIpc) is 2.42. The van der Waals surface area contributed by atoms with Gasteiger partial charge in [0.1, 0.15) is 11.6 Å². The zero-order chi connectivity index (χ0) is 13.7. The van der Waals surface area contributed by atoms with Crippen LogP contribution in [-0.4, -0.2) is 5.97 Å². The van der Waals surface area contributed by atoms with Crippen LogP contribution in [0.4, 0.5) is 4.39 Å². The Kier molecular flexibility index (Phi) is 4.29. The van der Waals surface area contributed by atoms with Gasteiger partial charge in [-0.25, -0.2) is 9.18 Å². The lowest BCUT2D eigenvalue weighted by Crippen LogP contribution is -2.08. The Hall–Kier alpha value is -2.16. The second-order valence-corrected chi connectivity index (χ2v) is 4.29. The highest BCUT2D eigenvalue weighted by Gasteiger charge is 2.08. The van der Waals surface area contributed by atoms with Crippen LogP contribution in [0.15, 0.2) is 48.5 Å². The molecule has 0 amide bonds. The fourth-order valence-corrected chi connectivity index (χ4v) is 1.76. The van der Waals surface area contributed by atoms with Crippen LogP contribution >= 0.6 is 0 Å². The van der Waals surface area contributed by atoms with Gasteiger partial charge in [-0.3, -0.25) is 0 Å². The van der Waals surface area contributed by atoms with Crippen molar-refractivity contribution in [1.82, 2.24) is 0 Å². The van der Waals surface area contributed by atoms with E-state index in [0.29, 0.717) is 11.3 Å². The first-order valence-corrected chi connectivity index (χ1v) is 6.25. The van der Waals surface area contributed by atoms with Gasteiger partial charge in [0, 0.05) is 0 Å². The van der Waals surface area contributed by atoms with E-state index in [-0.39, 0.29) is 5.82 Å². The van der Waals surface area contributed by atoms with E-state index in [4.69, 9.17) is 4.74 Å². The number of carbonyl (C=O) groups excluding carboxylic acids is 1. The monoisotopic (exact) mass is 258 g/mol. The molecule has 3 heteroatoms. The fourth-order valence-electron chi connectivity index (χ4n) is 1.76. The lowest BCUT2D eigenvalue weighted by molar-refractivity contribution is 0.0734. The van der Waals surface area contributed by atoms with Gasteiger partial charge in [-0.2, -0.15) is 0 Å². The molecule has 0 aliphatic carbocycles. The average molecular weight is 258 g/mol. The first-order chi connectivity index (χ1) is 9.19. The summed E-state index contributed by atoms with van der Waals surface area (Å²) in [6.45, 7) is 2.11. The lowest BCUT2D eigenvalue weighted by Gasteiger charge is -2.05. The zero-order valence-electron chi connectivity index (χ0n) is 10.7. The molecule has 0 saturated carbocycles. The molecule has 0 aliphatic heterocycles. The molecule has 0 radical (unpaired) electrons. The molecule has 0 aliphatic rings. The molecule has 2 aromatic carbocycles. The van der Waals surface area contributed by atoms with Gasteiger partial charge in [0.25, 0.3) is 0 Å². The van der Waals surface area contributed by atoms with Crippen LogP contribution in [0.5, 0.6) is 5.75 Å². The van der Waals surface area contributed by atoms with Gasteiger partial charge in [0.2, 0.25) is 0 Å². The fraction of sp³-hybridized carbons (Fsp3) is 0.188. The number of hydrogen-bond acceptors (Lipinski definition) is 2. The second kappa shape index (κ2) is 6.14. The molecule has 0 spiro atoms. The summed E-state index contributed by atoms with van der Waals surface area (Å²) in [6.07, 6.45) is 2.06. The van der Waals surface area contributed by atoms with E-state index in [0.717, 1.165) is 12.8 Å². The number of halogens is 1. The Morgan fingerprint density at radius 3 is 2.26 bits per heavy atom. The van der Waals surface area contributed by atoms with Crippen LogP contribution in [-0.2, 0) is 6.42 Å². The van der Waals surface area contributed by atoms with Crippen molar-refractivity contribution in [3.8, 4) is 5.75 Å². The van der Waals surface area contributed by atoms with Gasteiger partial charge in [-0.05, 0) is 48.4 Å². The van der Waals surface area contributed by atoms with Crippen LogP contribution in [0.2, 0.25) is 0 Å². The van der Waals surface area contributed by atoms with E-state index < -0.39 is 5.97 Å². The quantitative estimate of drug-likeness (QED) is 0.612. The number of esters is 1. The molecule has 98 valence electrons. The molecule has 0 atom stereocenters. The first-order valence-electron chi connectivity index (χ1n) is 6.25. The SMILES string of the molecule is CCCc1ccc(C(=O)Oc2ccc(F)cc2)cc1. The summed E-state index contributed by atoms with van der Waals surface area (Å²) in [5, 5.41) is 0. The van der Waals surface area contributed by atoms with Gasteiger partial charge in [0.05, 0.1) is 5.56 Å². The van der Waals surface area contributed by atoms with Crippen LogP contribution < -0.4 is 4.74 Å². The van der Waals surface area contributed by atoms with Gasteiger partial charge in [-0.15, -0.1) is 0 Å². The van der Waals surface area contributed by atoms with Gasteiger partial charge >= 0.3 is 5.97 Å². The first kappa shape index (κ1) is 13.3. The molecule has 0 N–H and O–H groups in total. The molecule has 0 heterocycles. The largest absolute Gasteiger partial charge is 0.423 e. The topological polar surface area (TPSA) is 26.3 Å². The van der Waals surface area contributed by atoms with Gasteiger partial charge < -0.3 is 4.74 Å². The standard InChI is InChI=1S/C16H15FO2/c1-2-3-12-4-6-13(7-5-12)16(18)19-15-10-8-14(17)9-11-15/h4-11H,2-3H2,1H3. The Morgan fingerprint density at radius 2 is 1.68 bits per heavy atom. The Labute approximate surface area is 111 Å². The van der Waals surface area contributed by atoms with E-state index in [1.54, 1.807) is 12.1 Å². The number of hydrogen-bond donors (Lipinski definition) is 0. The lowest BCUT2D eigenvalue weighted by atomic mass is 10.1. The molecule has 19 heavy (non-hydrogen) atoms. The van der Waals surface area contributed by atoms with E-state index in [1.807, 2.05) is 12.1 Å². The van der Waals surface area contributed by atoms with Crippen LogP contribution in [0.25, 0.3) is 0 Å². The summed E-state index contributed by atoms with van der Waals surface area (Å²) < 4.78 is 17.9. The molecular weight excluding hydrogens is 243 g/mol. The molecule has 2 aromatic rings. The molecule has 0 bridgehead atoms. The molecule has 0 saturated heterocycles. The van der Waals surface area contributed by atoms with E-state index >= 15 is 0 Å². The maximum atomic E-state index is 12.7. The third kappa shape index (κ3) is 3.65. The number of aryl methyl sites for hydroxylation is 1. The van der Waals surface area contributed by atoms with E-state index in [2.05, 4.69) is 6.92 Å². The summed E-state index contributed by atoms with van der Waals surface area (Å²) in [5.74, 6) is -0.456. The minimum atomic E-state index is -0.436. The number of benzene rings is 2. The van der Waals surface area contributed by atoms with Crippen molar-refractivity contribution < 1.29 is 13.9 Å². The molecule has 2 rings (SSSR count). The highest BCUT2D eigenvalue weighted by Crippen LogP contribution is 2.14. The highest BCUT2D eigenvalue weighted by molar-refractivity contribution is 5.91. The van der Waals surface area contributed by atoms with Crippen molar-refractivity contribution >= 4 is 5.97 Å². The van der Waals surface area contributed by atoms with E-state index in [1.165, 1.54) is 29.8 Å². The van der Waals surface area contributed by atoms with Crippen molar-refractivity contribution in [2.24, 2.45) is 0 Å². The summed E-state index contributed by atoms with van der Waals surface area (Å²) in [5.41, 5.74) is 1.69. The van der Waals surface area contributed by atoms with Crippen molar-refractivity contribution in [3.05, 3.63) is 65.5 Å². The molecule has 0 unspecified atom stereocenters. The normalized spacial score (nSPS) is 10.2. The Balaban J connectivity index is 2.05. The second-order valence-electron chi connectivity index (χ2n) is 4.29. The maximum absolute atomic E-state index is 12.7. The summed E-state index contributed by atoms with van der Waals surface area (Å²) in [6, 6.07) is 12.7. The minimum Gasteiger partial charge on any atom is -0.423 e. The zero-order valence-corrected chi connectivity index (χ0v) is 10.7. The number of ether oxygens (including phenoxy) is 1. The number of rotatable bonds is 4. The van der Waals surface area contributed by atoms with E-state index in [9.17, 15) is 9.18 Å². The predicted octanol–water partition coefficient (Wildman–Crippen LogP) is 4.00. The Bertz CT molecular complexity index is 544. The van der Waals surface area contributed by atoms with Crippen molar-refractivity contribution in [2.75, 3.05) is 0 Å². The third-order valence-electron chi connectivity index (χ3n) is 2.75. The highest BCUT2D eigenvalue weighted by atomic mass is 19.1.